The molecule has 0 bridgehead atoms. The summed E-state index contributed by atoms with van der Waals surface area (Å²) < 4.78 is 4.09. The fraction of sp³-hybridized carbons (Fsp3) is 0.471. The minimum absolute atomic E-state index is 0.0487. The minimum atomic E-state index is -0.154. The van der Waals surface area contributed by atoms with E-state index >= 15 is 0 Å². The molecule has 0 aliphatic heterocycles. The Hall–Kier alpha value is -1.95. The van der Waals surface area contributed by atoms with Crippen molar-refractivity contribution in [2.24, 2.45) is 5.92 Å². The summed E-state index contributed by atoms with van der Waals surface area (Å²) >= 11 is 1.20. The zero-order chi connectivity index (χ0) is 16.8. The highest BCUT2D eigenvalue weighted by molar-refractivity contribution is 7.09. The molecule has 1 aromatic carbocycles. The first kappa shape index (κ1) is 17.4. The third-order valence-electron chi connectivity index (χ3n) is 3.73. The molecule has 124 valence electrons. The average molecular weight is 332 g/mol. The Kier molecular flexibility index (Phi) is 6.10. The molecule has 0 saturated heterocycles. The highest BCUT2D eigenvalue weighted by atomic mass is 32.1. The maximum atomic E-state index is 12.5. The van der Waals surface area contributed by atoms with Crippen LogP contribution in [0.1, 0.15) is 44.1 Å². The first-order valence-electron chi connectivity index (χ1n) is 7.86. The van der Waals surface area contributed by atoms with Crippen LogP contribution in [0.5, 0.6) is 0 Å². The fourth-order valence-corrected chi connectivity index (χ4v) is 2.98. The molecule has 5 nitrogen and oxygen atoms in total. The van der Waals surface area contributed by atoms with Crippen molar-refractivity contribution in [1.82, 2.24) is 14.3 Å². The smallest absolute Gasteiger partial charge is 0.320 e. The standard InChI is InChI=1S/C17H24N4OS/c1-12(2)10-11-15(14-8-6-5-7-9-14)21(4)17(22)19-16-18-13(3)20-23-16/h5-9,12,15H,10-11H2,1-4H3,(H,18,19,20,22)/t15-/m1/s1. The maximum absolute atomic E-state index is 12.5. The number of rotatable bonds is 6. The Morgan fingerprint density at radius 1 is 1.26 bits per heavy atom. The number of hydrogen-bond donors (Lipinski definition) is 1. The van der Waals surface area contributed by atoms with Crippen LogP contribution in [0.2, 0.25) is 0 Å². The van der Waals surface area contributed by atoms with Gasteiger partial charge in [-0.2, -0.15) is 4.37 Å². The van der Waals surface area contributed by atoms with E-state index in [1.54, 1.807) is 4.90 Å². The van der Waals surface area contributed by atoms with Gasteiger partial charge >= 0.3 is 6.03 Å². The molecule has 0 aliphatic carbocycles. The van der Waals surface area contributed by atoms with Crippen LogP contribution in [0.3, 0.4) is 0 Å². The number of anilines is 1. The summed E-state index contributed by atoms with van der Waals surface area (Å²) in [6, 6.07) is 10.1. The lowest BCUT2D eigenvalue weighted by atomic mass is 9.97. The van der Waals surface area contributed by atoms with Gasteiger partial charge in [-0.15, -0.1) is 0 Å². The highest BCUT2D eigenvalue weighted by Crippen LogP contribution is 2.27. The van der Waals surface area contributed by atoms with Gasteiger partial charge in [0.25, 0.3) is 0 Å². The van der Waals surface area contributed by atoms with Crippen molar-refractivity contribution >= 4 is 22.7 Å². The Morgan fingerprint density at radius 2 is 1.96 bits per heavy atom. The third-order valence-corrected chi connectivity index (χ3v) is 4.45. The molecule has 1 aromatic heterocycles. The summed E-state index contributed by atoms with van der Waals surface area (Å²) in [5.74, 6) is 1.27. The van der Waals surface area contributed by atoms with Crippen LogP contribution in [0.25, 0.3) is 0 Å². The number of nitrogens with one attached hydrogen (secondary N) is 1. The number of carbonyl (C=O) groups is 1. The van der Waals surface area contributed by atoms with Crippen molar-refractivity contribution < 1.29 is 4.79 Å². The zero-order valence-corrected chi connectivity index (χ0v) is 14.9. The molecule has 0 spiro atoms. The molecular formula is C17H24N4OS. The Bertz CT molecular complexity index is 627. The third kappa shape index (κ3) is 5.03. The number of benzene rings is 1. The van der Waals surface area contributed by atoms with E-state index < -0.39 is 0 Å². The van der Waals surface area contributed by atoms with E-state index in [4.69, 9.17) is 0 Å². The summed E-state index contributed by atoms with van der Waals surface area (Å²) in [6.45, 7) is 6.21. The van der Waals surface area contributed by atoms with Gasteiger partial charge in [0.05, 0.1) is 6.04 Å². The number of aryl methyl sites for hydroxylation is 1. The van der Waals surface area contributed by atoms with Crippen molar-refractivity contribution in [3.05, 3.63) is 41.7 Å². The normalized spacial score (nSPS) is 12.2. The first-order valence-corrected chi connectivity index (χ1v) is 8.63. The average Bonchev–Trinajstić information content (AvgIpc) is 2.93. The lowest BCUT2D eigenvalue weighted by Gasteiger charge is -2.29. The molecule has 2 aromatic rings. The van der Waals surface area contributed by atoms with Crippen molar-refractivity contribution in [3.63, 3.8) is 0 Å². The molecule has 2 rings (SSSR count). The number of hydrogen-bond acceptors (Lipinski definition) is 4. The number of urea groups is 1. The highest BCUT2D eigenvalue weighted by Gasteiger charge is 2.22. The first-order chi connectivity index (χ1) is 11.0. The van der Waals surface area contributed by atoms with Crippen LogP contribution in [0.4, 0.5) is 9.93 Å². The topological polar surface area (TPSA) is 58.1 Å². The van der Waals surface area contributed by atoms with Gasteiger partial charge in [0.15, 0.2) is 0 Å². The van der Waals surface area contributed by atoms with Crippen LogP contribution in [-0.4, -0.2) is 27.3 Å². The van der Waals surface area contributed by atoms with E-state index in [9.17, 15) is 4.79 Å². The summed E-state index contributed by atoms with van der Waals surface area (Å²) in [4.78, 5) is 18.5. The number of aromatic nitrogens is 2. The van der Waals surface area contributed by atoms with Gasteiger partial charge in [-0.05, 0) is 31.2 Å². The van der Waals surface area contributed by atoms with E-state index in [1.807, 2.05) is 32.2 Å². The molecule has 1 N–H and O–H groups in total. The van der Waals surface area contributed by atoms with Crippen LogP contribution < -0.4 is 5.32 Å². The molecule has 0 radical (unpaired) electrons. The molecule has 1 atom stereocenters. The van der Waals surface area contributed by atoms with Gasteiger partial charge in [-0.3, -0.25) is 5.32 Å². The van der Waals surface area contributed by atoms with Crippen LogP contribution in [0, 0.1) is 12.8 Å². The van der Waals surface area contributed by atoms with Gasteiger partial charge in [-0.25, -0.2) is 9.78 Å². The molecule has 0 aliphatic rings. The second-order valence-corrected chi connectivity index (χ2v) is 6.84. The van der Waals surface area contributed by atoms with Gasteiger partial charge in [-0.1, -0.05) is 44.2 Å². The molecule has 2 amide bonds. The Balaban J connectivity index is 2.11. The summed E-state index contributed by atoms with van der Waals surface area (Å²) in [7, 11) is 1.83. The summed E-state index contributed by atoms with van der Waals surface area (Å²) in [6.07, 6.45) is 2.00. The molecule has 0 fully saturated rings. The van der Waals surface area contributed by atoms with Crippen molar-refractivity contribution in [2.75, 3.05) is 12.4 Å². The molecule has 0 saturated carbocycles. The lowest BCUT2D eigenvalue weighted by molar-refractivity contribution is 0.198. The van der Waals surface area contributed by atoms with Crippen molar-refractivity contribution in [2.45, 2.75) is 39.7 Å². The molecule has 23 heavy (non-hydrogen) atoms. The molecule has 0 unspecified atom stereocenters. The molecule has 1 heterocycles. The Morgan fingerprint density at radius 3 is 2.52 bits per heavy atom. The zero-order valence-electron chi connectivity index (χ0n) is 14.1. The largest absolute Gasteiger partial charge is 0.323 e. The fourth-order valence-electron chi connectivity index (χ4n) is 2.42. The van der Waals surface area contributed by atoms with Gasteiger partial charge < -0.3 is 4.90 Å². The quantitative estimate of drug-likeness (QED) is 0.848. The summed E-state index contributed by atoms with van der Waals surface area (Å²) in [5, 5.41) is 3.37. The Labute approximate surface area is 141 Å². The second-order valence-electron chi connectivity index (χ2n) is 6.09. The number of nitrogens with zero attached hydrogens (tertiary/aromatic N) is 3. The number of carbonyl (C=O) groups excluding carboxylic acids is 1. The number of amides is 2. The van der Waals surface area contributed by atoms with Gasteiger partial charge in [0.1, 0.15) is 5.82 Å². The maximum Gasteiger partial charge on any atom is 0.323 e. The molecule has 6 heteroatoms. The second kappa shape index (κ2) is 8.06. The van der Waals surface area contributed by atoms with Gasteiger partial charge in [0, 0.05) is 18.6 Å². The van der Waals surface area contributed by atoms with E-state index in [0.717, 1.165) is 18.4 Å². The van der Waals surface area contributed by atoms with Crippen molar-refractivity contribution in [1.29, 1.82) is 0 Å². The van der Waals surface area contributed by atoms with E-state index in [1.165, 1.54) is 11.5 Å². The predicted molar refractivity (Wildman–Crippen MR) is 94.7 cm³/mol. The minimum Gasteiger partial charge on any atom is -0.320 e. The predicted octanol–water partition coefficient (Wildman–Crippen LogP) is 4.49. The molecular weight excluding hydrogens is 308 g/mol. The van der Waals surface area contributed by atoms with E-state index in [2.05, 4.69) is 40.7 Å². The monoisotopic (exact) mass is 332 g/mol. The SMILES string of the molecule is Cc1nsc(NC(=O)N(C)[C@H](CCC(C)C)c2ccccc2)n1. The van der Waals surface area contributed by atoms with Crippen LogP contribution in [-0.2, 0) is 0 Å². The lowest BCUT2D eigenvalue weighted by Crippen LogP contribution is -2.35. The van der Waals surface area contributed by atoms with Crippen molar-refractivity contribution in [3.8, 4) is 0 Å². The summed E-state index contributed by atoms with van der Waals surface area (Å²) in [5.41, 5.74) is 1.15. The van der Waals surface area contributed by atoms with E-state index in [0.29, 0.717) is 16.9 Å². The van der Waals surface area contributed by atoms with E-state index in [-0.39, 0.29) is 12.1 Å². The van der Waals surface area contributed by atoms with Crippen LogP contribution in [0.15, 0.2) is 30.3 Å². The van der Waals surface area contributed by atoms with Crippen LogP contribution >= 0.6 is 11.5 Å². The van der Waals surface area contributed by atoms with Gasteiger partial charge in [0.2, 0.25) is 5.13 Å².